The molecule has 1 aromatic rings. The Bertz CT molecular complexity index is 1280. The van der Waals surface area contributed by atoms with Crippen LogP contribution in [-0.4, -0.2) is 116 Å². The number of carbonyl (C=O) groups is 6. The fraction of sp³-hybridized carbons (Fsp3) is 0.613. The summed E-state index contributed by atoms with van der Waals surface area (Å²) in [6.45, 7) is 5.49. The smallest absolute Gasteiger partial charge is 0.303 e. The van der Waals surface area contributed by atoms with Gasteiger partial charge in [-0.1, -0.05) is 30.3 Å². The van der Waals surface area contributed by atoms with E-state index in [2.05, 4.69) is 0 Å². The van der Waals surface area contributed by atoms with Crippen LogP contribution >= 0.6 is 0 Å². The van der Waals surface area contributed by atoms with Crippen LogP contribution in [0.3, 0.4) is 0 Å². The maximum absolute atomic E-state index is 12.4. The first-order valence-electron chi connectivity index (χ1n) is 14.9. The minimum Gasteiger partial charge on any atom is -0.463 e. The van der Waals surface area contributed by atoms with Gasteiger partial charge in [0.2, 0.25) is 0 Å². The molecule has 0 bridgehead atoms. The van der Waals surface area contributed by atoms with Crippen LogP contribution in [0.1, 0.15) is 47.1 Å². The summed E-state index contributed by atoms with van der Waals surface area (Å²) in [7, 11) is 0. The molecule has 2 aliphatic heterocycles. The van der Waals surface area contributed by atoms with Crippen molar-refractivity contribution in [3.05, 3.63) is 35.9 Å². The van der Waals surface area contributed by atoms with E-state index in [0.717, 1.165) is 41.5 Å². The maximum atomic E-state index is 12.4. The molecule has 10 atom stereocenters. The third-order valence-corrected chi connectivity index (χ3v) is 6.89. The van der Waals surface area contributed by atoms with Crippen molar-refractivity contribution >= 4 is 35.8 Å². The second kappa shape index (κ2) is 17.8. The lowest BCUT2D eigenvalue weighted by molar-refractivity contribution is -0.367. The first-order valence-corrected chi connectivity index (χ1v) is 14.9. The number of esters is 6. The van der Waals surface area contributed by atoms with E-state index in [1.807, 2.05) is 0 Å². The molecule has 17 heteroatoms. The third kappa shape index (κ3) is 11.2. The van der Waals surface area contributed by atoms with E-state index in [4.69, 9.17) is 47.4 Å². The first kappa shape index (κ1) is 38.3. The molecule has 3 rings (SSSR count). The van der Waals surface area contributed by atoms with Gasteiger partial charge in [-0.15, -0.1) is 0 Å². The molecule has 0 aromatic heterocycles. The van der Waals surface area contributed by atoms with Gasteiger partial charge in [0.05, 0.1) is 6.61 Å². The average molecular weight is 685 g/mol. The molecular weight excluding hydrogens is 644 g/mol. The Labute approximate surface area is 275 Å². The molecule has 266 valence electrons. The molecule has 1 N–H and O–H groups in total. The molecule has 2 saturated heterocycles. The van der Waals surface area contributed by atoms with Crippen molar-refractivity contribution in [3.8, 4) is 0 Å². The lowest BCUT2D eigenvalue weighted by Gasteiger charge is -2.48. The second-order valence-corrected chi connectivity index (χ2v) is 10.9. The molecule has 0 radical (unpaired) electrons. The van der Waals surface area contributed by atoms with Gasteiger partial charge in [-0.2, -0.15) is 0 Å². The Kier molecular flexibility index (Phi) is 14.2. The minimum atomic E-state index is -1.93. The number of hydrogen-bond donors (Lipinski definition) is 1. The highest BCUT2D eigenvalue weighted by Gasteiger charge is 2.56. The van der Waals surface area contributed by atoms with Gasteiger partial charge in [-0.25, -0.2) is 0 Å². The van der Waals surface area contributed by atoms with Crippen LogP contribution in [0.5, 0.6) is 0 Å². The predicted octanol–water partition coefficient (Wildman–Crippen LogP) is 0.252. The van der Waals surface area contributed by atoms with E-state index in [1.165, 1.54) is 0 Å². The van der Waals surface area contributed by atoms with Crippen LogP contribution in [0, 0.1) is 0 Å². The Morgan fingerprint density at radius 3 is 1.48 bits per heavy atom. The first-order chi connectivity index (χ1) is 22.7. The minimum absolute atomic E-state index is 0.106. The van der Waals surface area contributed by atoms with Crippen molar-refractivity contribution in [1.29, 1.82) is 0 Å². The van der Waals surface area contributed by atoms with E-state index >= 15 is 0 Å². The summed E-state index contributed by atoms with van der Waals surface area (Å²) in [5, 5.41) is 11.1. The molecule has 0 unspecified atom stereocenters. The van der Waals surface area contributed by atoms with Crippen molar-refractivity contribution in [2.24, 2.45) is 0 Å². The summed E-state index contributed by atoms with van der Waals surface area (Å²) >= 11 is 0. The summed E-state index contributed by atoms with van der Waals surface area (Å²) < 4.78 is 56.1. The largest absolute Gasteiger partial charge is 0.463 e. The third-order valence-electron chi connectivity index (χ3n) is 6.89. The molecule has 48 heavy (non-hydrogen) atoms. The molecule has 0 spiro atoms. The number of carbonyl (C=O) groups excluding carboxylic acids is 6. The van der Waals surface area contributed by atoms with Crippen LogP contribution < -0.4 is 0 Å². The summed E-state index contributed by atoms with van der Waals surface area (Å²) in [4.78, 5) is 72.2. The highest BCUT2D eigenvalue weighted by Crippen LogP contribution is 2.35. The molecule has 2 aliphatic rings. The van der Waals surface area contributed by atoms with E-state index in [0.29, 0.717) is 5.56 Å². The summed E-state index contributed by atoms with van der Waals surface area (Å²) in [5.41, 5.74) is 0.672. The molecule has 17 nitrogen and oxygen atoms in total. The Morgan fingerprint density at radius 2 is 1.02 bits per heavy atom. The van der Waals surface area contributed by atoms with Gasteiger partial charge in [-0.05, 0) is 5.56 Å². The zero-order chi connectivity index (χ0) is 35.5. The van der Waals surface area contributed by atoms with Crippen molar-refractivity contribution in [2.75, 3.05) is 13.2 Å². The van der Waals surface area contributed by atoms with Gasteiger partial charge >= 0.3 is 35.8 Å². The standard InChI is InChI=1S/C31H40O17/c1-15(32)39-13-22-24(42-17(3)34)26(44-19(5)36)28(30(38)46-22)48-31-29(41-12-21-10-8-7-9-11-21)27(45-20(6)37)25(43-18(4)35)23(47-31)14-40-16(2)33/h7-11,22-31,38H,12-14H2,1-6H3/t22-,23-,24+,25-,26-,27+,28-,29+,30+,31+/m1/s1. The number of aliphatic hydroxyl groups excluding tert-OH is 1. The molecular formula is C31H40O17. The summed E-state index contributed by atoms with van der Waals surface area (Å²) in [6, 6.07) is 8.78. The molecule has 0 aliphatic carbocycles. The molecule has 2 heterocycles. The SMILES string of the molecule is CC(=O)OC[C@H]1O[C@H](O)[C@H](O[C@@H]2O[C@H](COC(C)=O)[C@@H](OC(C)=O)[C@H](OC(C)=O)[C@@H]2OCc2ccccc2)[C@H](OC(C)=O)[C@H]1OC(C)=O. The van der Waals surface area contributed by atoms with Crippen LogP contribution in [0.15, 0.2) is 30.3 Å². The van der Waals surface area contributed by atoms with Crippen molar-refractivity contribution in [1.82, 2.24) is 0 Å². The molecule has 0 saturated carbocycles. The van der Waals surface area contributed by atoms with Crippen LogP contribution in [0.4, 0.5) is 0 Å². The number of aliphatic hydroxyl groups is 1. The van der Waals surface area contributed by atoms with Gasteiger partial charge in [0.1, 0.15) is 31.5 Å². The Hall–Kier alpha value is -4.16. The van der Waals surface area contributed by atoms with Crippen LogP contribution in [0.25, 0.3) is 0 Å². The van der Waals surface area contributed by atoms with Crippen molar-refractivity contribution < 1.29 is 81.2 Å². The monoisotopic (exact) mass is 684 g/mol. The fourth-order valence-corrected chi connectivity index (χ4v) is 5.11. The summed E-state index contributed by atoms with van der Waals surface area (Å²) in [6.07, 6.45) is -15.2. The van der Waals surface area contributed by atoms with Gasteiger partial charge in [0.15, 0.2) is 43.1 Å². The van der Waals surface area contributed by atoms with Gasteiger partial charge < -0.3 is 52.5 Å². The van der Waals surface area contributed by atoms with Gasteiger partial charge in [-0.3, -0.25) is 28.8 Å². The Balaban J connectivity index is 2.08. The fourth-order valence-electron chi connectivity index (χ4n) is 5.11. The number of rotatable bonds is 13. The quantitative estimate of drug-likeness (QED) is 0.218. The number of hydrogen-bond acceptors (Lipinski definition) is 17. The normalized spacial score (nSPS) is 29.9. The highest BCUT2D eigenvalue weighted by molar-refractivity contribution is 5.68. The van der Waals surface area contributed by atoms with E-state index in [1.54, 1.807) is 30.3 Å². The van der Waals surface area contributed by atoms with Gasteiger partial charge in [0.25, 0.3) is 0 Å². The summed E-state index contributed by atoms with van der Waals surface area (Å²) in [5.74, 6) is -4.71. The van der Waals surface area contributed by atoms with Gasteiger partial charge in [0, 0.05) is 41.5 Å². The predicted molar refractivity (Wildman–Crippen MR) is 155 cm³/mol. The van der Waals surface area contributed by atoms with Crippen molar-refractivity contribution in [3.63, 3.8) is 0 Å². The Morgan fingerprint density at radius 1 is 0.583 bits per heavy atom. The van der Waals surface area contributed by atoms with Crippen LogP contribution in [-0.2, 0) is 82.7 Å². The maximum Gasteiger partial charge on any atom is 0.303 e. The number of ether oxygens (including phenoxy) is 10. The zero-order valence-corrected chi connectivity index (χ0v) is 27.3. The lowest BCUT2D eigenvalue weighted by atomic mass is 9.96. The molecule has 1 aromatic carbocycles. The second-order valence-electron chi connectivity index (χ2n) is 10.9. The van der Waals surface area contributed by atoms with E-state index < -0.39 is 110 Å². The van der Waals surface area contributed by atoms with Crippen molar-refractivity contribution in [2.45, 2.75) is 110 Å². The van der Waals surface area contributed by atoms with E-state index in [-0.39, 0.29) is 6.61 Å². The highest BCUT2D eigenvalue weighted by atomic mass is 16.8. The topological polar surface area (TPSA) is 215 Å². The zero-order valence-electron chi connectivity index (χ0n) is 27.3. The average Bonchev–Trinajstić information content (AvgIpc) is 2.98. The molecule has 0 amide bonds. The number of benzene rings is 1. The lowest BCUT2D eigenvalue weighted by Crippen LogP contribution is -2.66. The van der Waals surface area contributed by atoms with E-state index in [9.17, 15) is 33.9 Å². The molecule has 2 fully saturated rings. The van der Waals surface area contributed by atoms with Crippen LogP contribution in [0.2, 0.25) is 0 Å².